The molecule has 0 fully saturated rings. The van der Waals surface area contributed by atoms with Crippen LogP contribution < -0.4 is 4.74 Å². The van der Waals surface area contributed by atoms with E-state index in [0.717, 1.165) is 12.5 Å². The van der Waals surface area contributed by atoms with Gasteiger partial charge < -0.3 is 13.9 Å². The summed E-state index contributed by atoms with van der Waals surface area (Å²) in [6.07, 6.45) is -3.38. The van der Waals surface area contributed by atoms with Crippen LogP contribution in [0.15, 0.2) is 59.5 Å². The zero-order valence-electron chi connectivity index (χ0n) is 18.5. The summed E-state index contributed by atoms with van der Waals surface area (Å²) in [4.78, 5) is 8.02. The molecule has 0 saturated carbocycles. The lowest BCUT2D eigenvalue weighted by Gasteiger charge is -2.21. The van der Waals surface area contributed by atoms with E-state index in [4.69, 9.17) is 13.9 Å². The Morgan fingerprint density at radius 3 is 2.42 bits per heavy atom. The lowest BCUT2D eigenvalue weighted by molar-refractivity contribution is -0.290. The Morgan fingerprint density at radius 1 is 0.972 bits per heavy atom. The number of pyridine rings is 2. The van der Waals surface area contributed by atoms with Crippen LogP contribution in [0, 0.1) is 0 Å². The van der Waals surface area contributed by atoms with E-state index in [2.05, 4.69) is 20.2 Å². The van der Waals surface area contributed by atoms with E-state index >= 15 is 0 Å². The van der Waals surface area contributed by atoms with Gasteiger partial charge in [-0.25, -0.2) is 9.97 Å². The van der Waals surface area contributed by atoms with E-state index in [1.807, 2.05) is 0 Å². The maximum absolute atomic E-state index is 14.5. The highest BCUT2D eigenvalue weighted by atomic mass is 19.4. The first-order chi connectivity index (χ1) is 17.2. The average molecular weight is 505 g/mol. The van der Waals surface area contributed by atoms with Gasteiger partial charge in [0, 0.05) is 18.7 Å². The highest BCUT2D eigenvalue weighted by Gasteiger charge is 2.60. The van der Waals surface area contributed by atoms with E-state index < -0.39 is 17.8 Å². The molecule has 0 spiro atoms. The van der Waals surface area contributed by atoms with Crippen molar-refractivity contribution >= 4 is 16.7 Å². The molecule has 0 aliphatic rings. The fourth-order valence-corrected chi connectivity index (χ4v) is 3.64. The SMILES string of the molecule is COCCOc1ccc(-c2cc(C(F)(F)C(F)(F)F)nc3c2ccc2nc(-c4nnco4)cn23)cc1. The molecular formula is C23H16F5N5O3. The van der Waals surface area contributed by atoms with Gasteiger partial charge in [-0.3, -0.25) is 4.40 Å². The second-order valence-electron chi connectivity index (χ2n) is 7.66. The predicted octanol–water partition coefficient (Wildman–Crippen LogP) is 5.28. The summed E-state index contributed by atoms with van der Waals surface area (Å²) in [5, 5.41) is 7.64. The number of fused-ring (bicyclic) bond motifs is 3. The lowest BCUT2D eigenvalue weighted by Crippen LogP contribution is -2.34. The third-order valence-electron chi connectivity index (χ3n) is 5.38. The number of hydrogen-bond donors (Lipinski definition) is 0. The van der Waals surface area contributed by atoms with Gasteiger partial charge in [-0.15, -0.1) is 10.2 Å². The van der Waals surface area contributed by atoms with Crippen molar-refractivity contribution in [2.75, 3.05) is 20.3 Å². The van der Waals surface area contributed by atoms with E-state index in [1.165, 1.54) is 17.7 Å². The number of rotatable bonds is 7. The molecule has 1 aromatic carbocycles. The Labute approximate surface area is 199 Å². The average Bonchev–Trinajstić information content (AvgIpc) is 3.53. The van der Waals surface area contributed by atoms with Crippen LogP contribution in [-0.2, 0) is 10.7 Å². The molecule has 13 heteroatoms. The first kappa shape index (κ1) is 23.6. The lowest BCUT2D eigenvalue weighted by atomic mass is 10.00. The van der Waals surface area contributed by atoms with E-state index in [1.54, 1.807) is 36.4 Å². The number of alkyl halides is 5. The molecule has 0 N–H and O–H groups in total. The molecule has 0 bridgehead atoms. The number of halogens is 5. The Morgan fingerprint density at radius 2 is 1.75 bits per heavy atom. The first-order valence-electron chi connectivity index (χ1n) is 10.5. The third-order valence-corrected chi connectivity index (χ3v) is 5.38. The summed E-state index contributed by atoms with van der Waals surface area (Å²) in [7, 11) is 1.53. The summed E-state index contributed by atoms with van der Waals surface area (Å²) in [5.41, 5.74) is -0.645. The highest BCUT2D eigenvalue weighted by Crippen LogP contribution is 2.45. The quantitative estimate of drug-likeness (QED) is 0.220. The molecule has 0 atom stereocenters. The van der Waals surface area contributed by atoms with Crippen LogP contribution in [0.25, 0.3) is 39.4 Å². The topological polar surface area (TPSA) is 87.6 Å². The Bertz CT molecular complexity index is 1520. The van der Waals surface area contributed by atoms with Gasteiger partial charge in [0.2, 0.25) is 6.39 Å². The van der Waals surface area contributed by atoms with E-state index in [9.17, 15) is 22.0 Å². The maximum Gasteiger partial charge on any atom is 0.459 e. The Hall–Kier alpha value is -4.13. The summed E-state index contributed by atoms with van der Waals surface area (Å²) < 4.78 is 85.7. The number of ether oxygens (including phenoxy) is 2. The Balaban J connectivity index is 1.71. The van der Waals surface area contributed by atoms with Crippen molar-refractivity contribution in [2.24, 2.45) is 0 Å². The van der Waals surface area contributed by atoms with Gasteiger partial charge in [-0.1, -0.05) is 12.1 Å². The summed E-state index contributed by atoms with van der Waals surface area (Å²) >= 11 is 0. The molecule has 0 amide bonds. The summed E-state index contributed by atoms with van der Waals surface area (Å²) in [6, 6.07) is 10.2. The predicted molar refractivity (Wildman–Crippen MR) is 117 cm³/mol. The van der Waals surface area contributed by atoms with Gasteiger partial charge >= 0.3 is 12.1 Å². The van der Waals surface area contributed by atoms with Crippen molar-refractivity contribution in [3.05, 3.63) is 60.7 Å². The molecular weight excluding hydrogens is 489 g/mol. The summed E-state index contributed by atoms with van der Waals surface area (Å²) in [5.74, 6) is -4.67. The van der Waals surface area contributed by atoms with Crippen LogP contribution in [0.5, 0.6) is 5.75 Å². The zero-order valence-corrected chi connectivity index (χ0v) is 18.5. The molecule has 5 rings (SSSR count). The van der Waals surface area contributed by atoms with Crippen LogP contribution in [0.4, 0.5) is 22.0 Å². The maximum atomic E-state index is 14.5. The van der Waals surface area contributed by atoms with E-state index in [0.29, 0.717) is 23.3 Å². The molecule has 36 heavy (non-hydrogen) atoms. The second-order valence-corrected chi connectivity index (χ2v) is 7.66. The number of aromatic nitrogens is 5. The van der Waals surface area contributed by atoms with E-state index in [-0.39, 0.29) is 35.0 Å². The van der Waals surface area contributed by atoms with Gasteiger partial charge in [0.15, 0.2) is 0 Å². The molecule has 0 saturated heterocycles. The monoisotopic (exact) mass is 505 g/mol. The Kier molecular flexibility index (Phi) is 5.79. The number of hydrogen-bond acceptors (Lipinski definition) is 7. The van der Waals surface area contributed by atoms with Crippen LogP contribution in [0.1, 0.15) is 5.69 Å². The molecule has 4 heterocycles. The largest absolute Gasteiger partial charge is 0.491 e. The van der Waals surface area contributed by atoms with Crippen molar-refractivity contribution < 1.29 is 35.8 Å². The highest BCUT2D eigenvalue weighted by molar-refractivity contribution is 5.94. The van der Waals surface area contributed by atoms with Gasteiger partial charge in [-0.05, 0) is 41.5 Å². The minimum Gasteiger partial charge on any atom is -0.491 e. The molecule has 0 aliphatic heterocycles. The fraction of sp³-hybridized carbons (Fsp3) is 0.217. The van der Waals surface area contributed by atoms with Crippen molar-refractivity contribution in [1.29, 1.82) is 0 Å². The standard InChI is InChI=1S/C23H16F5N5O3/c1-34-8-9-35-14-4-2-13(3-5-14)16-10-18(22(24,25)23(26,27)28)31-20-15(16)6-7-19-30-17(11-33(19)20)21-32-29-12-36-21/h2-7,10-12H,8-9H2,1H3. The number of nitrogens with zero attached hydrogens (tertiary/aromatic N) is 5. The number of imidazole rings is 1. The normalized spacial score (nSPS) is 12.5. The van der Waals surface area contributed by atoms with Crippen LogP contribution in [-0.4, -0.2) is 51.1 Å². The second kappa shape index (κ2) is 8.82. The third kappa shape index (κ3) is 4.11. The fourth-order valence-electron chi connectivity index (χ4n) is 3.64. The van der Waals surface area contributed by atoms with Gasteiger partial charge in [-0.2, -0.15) is 22.0 Å². The van der Waals surface area contributed by atoms with Crippen molar-refractivity contribution in [1.82, 2.24) is 24.6 Å². The number of benzene rings is 1. The van der Waals surface area contributed by atoms with Crippen molar-refractivity contribution in [2.45, 2.75) is 12.1 Å². The zero-order chi connectivity index (χ0) is 25.5. The molecule has 0 aliphatic carbocycles. The minimum absolute atomic E-state index is 0.0490. The number of methoxy groups -OCH3 is 1. The van der Waals surface area contributed by atoms with Gasteiger partial charge in [0.05, 0.1) is 6.61 Å². The first-order valence-corrected chi connectivity index (χ1v) is 10.5. The molecule has 0 radical (unpaired) electrons. The molecule has 4 aromatic heterocycles. The van der Waals surface area contributed by atoms with Crippen LogP contribution >= 0.6 is 0 Å². The van der Waals surface area contributed by atoms with Crippen molar-refractivity contribution in [3.63, 3.8) is 0 Å². The molecule has 5 aromatic rings. The van der Waals surface area contributed by atoms with Crippen molar-refractivity contribution in [3.8, 4) is 28.5 Å². The summed E-state index contributed by atoms with van der Waals surface area (Å²) in [6.45, 7) is 0.649. The van der Waals surface area contributed by atoms with Gasteiger partial charge in [0.25, 0.3) is 5.89 Å². The molecule has 8 nitrogen and oxygen atoms in total. The molecule has 186 valence electrons. The van der Waals surface area contributed by atoms with Gasteiger partial charge in [0.1, 0.15) is 35.0 Å². The van der Waals surface area contributed by atoms with Crippen LogP contribution in [0.2, 0.25) is 0 Å². The van der Waals surface area contributed by atoms with Crippen LogP contribution in [0.3, 0.4) is 0 Å². The minimum atomic E-state index is -5.85. The smallest absolute Gasteiger partial charge is 0.459 e. The molecule has 0 unspecified atom stereocenters.